The number of hydrogen-bond donors (Lipinski definition) is 1. The molecule has 0 bridgehead atoms. The Morgan fingerprint density at radius 1 is 1.40 bits per heavy atom. The van der Waals surface area contributed by atoms with E-state index in [1.807, 2.05) is 7.05 Å². The van der Waals surface area contributed by atoms with Gasteiger partial charge in [0.2, 0.25) is 0 Å². The van der Waals surface area contributed by atoms with Gasteiger partial charge in [-0.3, -0.25) is 0 Å². The van der Waals surface area contributed by atoms with Crippen molar-refractivity contribution in [3.63, 3.8) is 0 Å². The second-order valence-corrected chi connectivity index (χ2v) is 6.55. The predicted octanol–water partition coefficient (Wildman–Crippen LogP) is 3.27. The van der Waals surface area contributed by atoms with Crippen LogP contribution in [0.15, 0.2) is 35.5 Å². The predicted molar refractivity (Wildman–Crippen MR) is 79.6 cm³/mol. The van der Waals surface area contributed by atoms with E-state index in [9.17, 15) is 0 Å². The van der Waals surface area contributed by atoms with Gasteiger partial charge >= 0.3 is 0 Å². The van der Waals surface area contributed by atoms with E-state index in [0.29, 0.717) is 6.10 Å². The van der Waals surface area contributed by atoms with Crippen LogP contribution in [-0.4, -0.2) is 24.6 Å². The van der Waals surface area contributed by atoms with E-state index < -0.39 is 0 Å². The van der Waals surface area contributed by atoms with E-state index in [2.05, 4.69) is 28.7 Å². The number of allylic oxidation sites excluding steroid dienone is 3. The third-order valence-electron chi connectivity index (χ3n) is 5.32. The first-order chi connectivity index (χ1) is 9.83. The molecular formula is C17H24N2O. The van der Waals surface area contributed by atoms with Crippen molar-refractivity contribution in [1.82, 2.24) is 10.2 Å². The second kappa shape index (κ2) is 4.66. The minimum absolute atomic E-state index is 0.247. The molecule has 4 rings (SSSR count). The van der Waals surface area contributed by atoms with Crippen molar-refractivity contribution < 1.29 is 4.74 Å². The van der Waals surface area contributed by atoms with E-state index >= 15 is 0 Å². The van der Waals surface area contributed by atoms with Crippen LogP contribution in [0.5, 0.6) is 0 Å². The van der Waals surface area contributed by atoms with Gasteiger partial charge in [0.05, 0.1) is 11.1 Å². The fourth-order valence-corrected chi connectivity index (χ4v) is 4.46. The lowest BCUT2D eigenvalue weighted by Crippen LogP contribution is -2.34. The molecule has 1 N–H and O–H groups in total. The lowest BCUT2D eigenvalue weighted by molar-refractivity contribution is 0.147. The molecule has 0 aromatic rings. The summed E-state index contributed by atoms with van der Waals surface area (Å²) in [6.07, 6.45) is 15.9. The van der Waals surface area contributed by atoms with Crippen LogP contribution in [-0.2, 0) is 4.74 Å². The minimum atomic E-state index is 0.247. The summed E-state index contributed by atoms with van der Waals surface area (Å²) in [5, 5.41) is 3.29. The molecule has 0 aromatic carbocycles. The molecule has 3 nitrogen and oxygen atoms in total. The van der Waals surface area contributed by atoms with Crippen LogP contribution in [0, 0.1) is 5.41 Å². The van der Waals surface area contributed by atoms with E-state index in [0.717, 1.165) is 19.4 Å². The Morgan fingerprint density at radius 3 is 3.25 bits per heavy atom. The molecule has 2 atom stereocenters. The summed E-state index contributed by atoms with van der Waals surface area (Å²) in [7, 11) is 2.02. The quantitative estimate of drug-likeness (QED) is 0.835. The van der Waals surface area contributed by atoms with Gasteiger partial charge in [0.25, 0.3) is 0 Å². The average Bonchev–Trinajstić information content (AvgIpc) is 2.83. The van der Waals surface area contributed by atoms with Crippen molar-refractivity contribution in [1.29, 1.82) is 0 Å². The first-order valence-corrected chi connectivity index (χ1v) is 8.04. The van der Waals surface area contributed by atoms with Crippen LogP contribution in [0.4, 0.5) is 0 Å². The Balaban J connectivity index is 1.79. The molecule has 1 saturated heterocycles. The van der Waals surface area contributed by atoms with Gasteiger partial charge in [-0.05, 0) is 44.7 Å². The molecule has 20 heavy (non-hydrogen) atoms. The molecule has 3 heterocycles. The lowest BCUT2D eigenvalue weighted by Gasteiger charge is -2.43. The van der Waals surface area contributed by atoms with Crippen LogP contribution in [0.25, 0.3) is 0 Å². The molecule has 0 amide bonds. The number of likely N-dealkylation sites (N-methyl/N-ethyl adjacent to an activating group) is 1. The monoisotopic (exact) mass is 272 g/mol. The molecular weight excluding hydrogens is 248 g/mol. The van der Waals surface area contributed by atoms with Crippen molar-refractivity contribution in [3.8, 4) is 0 Å². The average molecular weight is 272 g/mol. The number of nitrogens with one attached hydrogen (secondary N) is 1. The SMILES string of the molecule is CNCC1CC23CCCCC2=CN2C=CCCC2=C3O1. The van der Waals surface area contributed by atoms with Crippen LogP contribution < -0.4 is 5.32 Å². The highest BCUT2D eigenvalue weighted by molar-refractivity contribution is 5.40. The lowest BCUT2D eigenvalue weighted by atomic mass is 9.65. The molecule has 1 spiro atoms. The van der Waals surface area contributed by atoms with Gasteiger partial charge in [0.1, 0.15) is 11.9 Å². The number of ether oxygens (including phenoxy) is 1. The molecule has 2 unspecified atom stereocenters. The molecule has 1 aliphatic carbocycles. The van der Waals surface area contributed by atoms with Crippen LogP contribution >= 0.6 is 0 Å². The van der Waals surface area contributed by atoms with Crippen LogP contribution in [0.1, 0.15) is 44.9 Å². The van der Waals surface area contributed by atoms with Crippen LogP contribution in [0.2, 0.25) is 0 Å². The molecule has 3 heteroatoms. The van der Waals surface area contributed by atoms with E-state index in [4.69, 9.17) is 4.74 Å². The maximum Gasteiger partial charge on any atom is 0.127 e. The van der Waals surface area contributed by atoms with E-state index in [-0.39, 0.29) is 5.41 Å². The van der Waals surface area contributed by atoms with Crippen molar-refractivity contribution in [2.75, 3.05) is 13.6 Å². The number of nitrogens with zero attached hydrogens (tertiary/aromatic N) is 1. The fourth-order valence-electron chi connectivity index (χ4n) is 4.46. The molecule has 0 radical (unpaired) electrons. The maximum atomic E-state index is 6.44. The molecule has 4 aliphatic rings. The Kier molecular flexibility index (Phi) is 2.92. The summed E-state index contributed by atoms with van der Waals surface area (Å²) in [6.45, 7) is 0.960. The maximum absolute atomic E-state index is 6.44. The standard InChI is InChI=1S/C17H24N2O/c1-18-11-14-10-17-8-4-2-6-13(17)12-19-9-5-3-7-15(19)16(17)20-14/h5,9,12,14,18H,2-4,6-8,10-11H2,1H3. The highest BCUT2D eigenvalue weighted by Crippen LogP contribution is 2.58. The largest absolute Gasteiger partial charge is 0.491 e. The molecule has 2 fully saturated rings. The van der Waals surface area contributed by atoms with Gasteiger partial charge in [-0.25, -0.2) is 0 Å². The number of hydrogen-bond acceptors (Lipinski definition) is 3. The van der Waals surface area contributed by atoms with Crippen LogP contribution in [0.3, 0.4) is 0 Å². The number of fused-ring (bicyclic) bond motifs is 1. The summed E-state index contributed by atoms with van der Waals surface area (Å²) in [5.41, 5.74) is 3.29. The van der Waals surface area contributed by atoms with Gasteiger partial charge in [0, 0.05) is 25.4 Å². The molecule has 1 saturated carbocycles. The zero-order valence-electron chi connectivity index (χ0n) is 12.3. The zero-order chi connectivity index (χ0) is 13.6. The first-order valence-electron chi connectivity index (χ1n) is 8.04. The van der Waals surface area contributed by atoms with Gasteiger partial charge < -0.3 is 15.0 Å². The third-order valence-corrected chi connectivity index (χ3v) is 5.32. The summed E-state index contributed by atoms with van der Waals surface area (Å²) >= 11 is 0. The van der Waals surface area contributed by atoms with Gasteiger partial charge in [0.15, 0.2) is 0 Å². The fraction of sp³-hybridized carbons (Fsp3) is 0.647. The molecule has 0 aromatic heterocycles. The van der Waals surface area contributed by atoms with E-state index in [1.165, 1.54) is 43.6 Å². The third kappa shape index (κ3) is 1.69. The van der Waals surface area contributed by atoms with Gasteiger partial charge in [-0.15, -0.1) is 0 Å². The van der Waals surface area contributed by atoms with Gasteiger partial charge in [-0.1, -0.05) is 12.5 Å². The van der Waals surface area contributed by atoms with Crippen molar-refractivity contribution in [3.05, 3.63) is 35.5 Å². The normalized spacial score (nSPS) is 35.1. The van der Waals surface area contributed by atoms with Crippen molar-refractivity contribution >= 4 is 0 Å². The van der Waals surface area contributed by atoms with Gasteiger partial charge in [-0.2, -0.15) is 0 Å². The molecule has 3 aliphatic heterocycles. The molecule has 108 valence electrons. The first kappa shape index (κ1) is 12.5. The summed E-state index contributed by atoms with van der Waals surface area (Å²) in [6, 6.07) is 0. The minimum Gasteiger partial charge on any atom is -0.491 e. The highest BCUT2D eigenvalue weighted by atomic mass is 16.5. The highest BCUT2D eigenvalue weighted by Gasteiger charge is 2.52. The van der Waals surface area contributed by atoms with Crippen molar-refractivity contribution in [2.24, 2.45) is 5.41 Å². The Labute approximate surface area is 121 Å². The Hall–Kier alpha value is -1.22. The number of rotatable bonds is 2. The summed E-state index contributed by atoms with van der Waals surface area (Å²) in [5.74, 6) is 1.32. The Bertz CT molecular complexity index is 505. The van der Waals surface area contributed by atoms with E-state index in [1.54, 1.807) is 5.57 Å². The zero-order valence-corrected chi connectivity index (χ0v) is 12.3. The smallest absolute Gasteiger partial charge is 0.127 e. The Morgan fingerprint density at radius 2 is 2.35 bits per heavy atom. The topological polar surface area (TPSA) is 24.5 Å². The second-order valence-electron chi connectivity index (χ2n) is 6.55. The summed E-state index contributed by atoms with van der Waals surface area (Å²) in [4.78, 5) is 2.33. The summed E-state index contributed by atoms with van der Waals surface area (Å²) < 4.78 is 6.44. The van der Waals surface area contributed by atoms with Crippen molar-refractivity contribution in [2.45, 2.75) is 51.0 Å².